The highest BCUT2D eigenvalue weighted by Gasteiger charge is 2.34. The molecular weight excluding hydrogens is 300 g/mol. The fourth-order valence-corrected chi connectivity index (χ4v) is 2.31. The van der Waals surface area contributed by atoms with Crippen molar-refractivity contribution in [3.8, 4) is 0 Å². The molecular formula is C16H19ClN4O. The third-order valence-corrected chi connectivity index (χ3v) is 3.77. The van der Waals surface area contributed by atoms with E-state index in [1.54, 1.807) is 12.1 Å². The molecule has 0 saturated heterocycles. The Labute approximate surface area is 135 Å². The minimum absolute atomic E-state index is 0. The number of amides is 1. The maximum Gasteiger partial charge on any atom is 0.248 e. The fraction of sp³-hybridized carbons (Fsp3) is 0.250. The predicted molar refractivity (Wildman–Crippen MR) is 89.1 cm³/mol. The van der Waals surface area contributed by atoms with E-state index >= 15 is 0 Å². The summed E-state index contributed by atoms with van der Waals surface area (Å²) in [6.07, 6.45) is 2.94. The first kappa shape index (κ1) is 16.3. The molecule has 3 rings (SSSR count). The maximum absolute atomic E-state index is 11.0. The van der Waals surface area contributed by atoms with Crippen molar-refractivity contribution < 1.29 is 4.79 Å². The van der Waals surface area contributed by atoms with Crippen molar-refractivity contribution in [3.63, 3.8) is 0 Å². The Hall–Kier alpha value is -2.11. The topological polar surface area (TPSA) is 94.0 Å². The van der Waals surface area contributed by atoms with Gasteiger partial charge < -0.3 is 16.8 Å². The number of rotatable bonds is 5. The molecule has 0 aliphatic heterocycles. The molecule has 1 aromatic heterocycles. The van der Waals surface area contributed by atoms with Crippen LogP contribution in [0.3, 0.4) is 0 Å². The number of nitrogens with zero attached hydrogens (tertiary/aromatic N) is 1. The van der Waals surface area contributed by atoms with Crippen molar-refractivity contribution in [2.24, 2.45) is 11.5 Å². The number of carbonyl (C=O) groups excluding carboxylic acids is 1. The summed E-state index contributed by atoms with van der Waals surface area (Å²) in [6, 6.07) is 11.6. The molecule has 1 aliphatic rings. The second-order valence-electron chi connectivity index (χ2n) is 5.40. The van der Waals surface area contributed by atoms with Gasteiger partial charge in [-0.3, -0.25) is 4.79 Å². The van der Waals surface area contributed by atoms with Gasteiger partial charge in [0.2, 0.25) is 5.91 Å². The molecule has 0 unspecified atom stereocenters. The van der Waals surface area contributed by atoms with E-state index in [9.17, 15) is 4.79 Å². The molecule has 116 valence electrons. The maximum atomic E-state index is 11.0. The quantitative estimate of drug-likeness (QED) is 0.786. The van der Waals surface area contributed by atoms with Gasteiger partial charge in [-0.05, 0) is 35.7 Å². The number of nitrogens with two attached hydrogens (primary N) is 2. The van der Waals surface area contributed by atoms with Crippen molar-refractivity contribution in [2.75, 3.05) is 5.32 Å². The number of halogens is 1. The van der Waals surface area contributed by atoms with Gasteiger partial charge in [-0.2, -0.15) is 0 Å². The molecule has 0 radical (unpaired) electrons. The number of hydrogen-bond acceptors (Lipinski definition) is 4. The molecule has 1 aromatic carbocycles. The van der Waals surface area contributed by atoms with Crippen LogP contribution in [-0.2, 0) is 6.54 Å². The Kier molecular flexibility index (Phi) is 5.00. The van der Waals surface area contributed by atoms with Gasteiger partial charge in [-0.25, -0.2) is 4.98 Å². The zero-order valence-corrected chi connectivity index (χ0v) is 12.8. The van der Waals surface area contributed by atoms with E-state index < -0.39 is 5.91 Å². The van der Waals surface area contributed by atoms with E-state index in [2.05, 4.69) is 16.4 Å². The Morgan fingerprint density at radius 3 is 2.41 bits per heavy atom. The molecule has 6 heteroatoms. The van der Waals surface area contributed by atoms with Crippen LogP contribution in [0.5, 0.6) is 0 Å². The largest absolute Gasteiger partial charge is 0.366 e. The van der Waals surface area contributed by atoms with Gasteiger partial charge in [0.1, 0.15) is 5.82 Å². The minimum Gasteiger partial charge on any atom is -0.366 e. The van der Waals surface area contributed by atoms with Crippen LogP contribution < -0.4 is 16.8 Å². The average Bonchev–Trinajstić information content (AvgIpc) is 3.23. The summed E-state index contributed by atoms with van der Waals surface area (Å²) < 4.78 is 0. The second kappa shape index (κ2) is 6.77. The van der Waals surface area contributed by atoms with E-state index in [0.717, 1.165) is 17.8 Å². The third kappa shape index (κ3) is 3.75. The van der Waals surface area contributed by atoms with Crippen LogP contribution in [0, 0.1) is 0 Å². The molecule has 1 heterocycles. The van der Waals surface area contributed by atoms with Gasteiger partial charge in [0.05, 0.1) is 0 Å². The highest BCUT2D eigenvalue weighted by Crippen LogP contribution is 2.38. The first-order valence-corrected chi connectivity index (χ1v) is 6.97. The van der Waals surface area contributed by atoms with Gasteiger partial charge in [-0.15, -0.1) is 12.4 Å². The smallest absolute Gasteiger partial charge is 0.248 e. The van der Waals surface area contributed by atoms with E-state index in [1.165, 1.54) is 5.56 Å². The zero-order valence-electron chi connectivity index (χ0n) is 12.0. The standard InChI is InChI=1S/C16H18N4O.ClH/c17-14-7-13(14)12-5-6-15(20-9-12)19-8-10-1-3-11(4-2-10)16(18)21;/h1-6,9,13-14H,7-8,17H2,(H2,18,21)(H,19,20);1H/t13-,14+;/m0./s1. The number of hydrogen-bond donors (Lipinski definition) is 3. The normalized spacial score (nSPS) is 19.1. The Morgan fingerprint density at radius 2 is 1.91 bits per heavy atom. The lowest BCUT2D eigenvalue weighted by molar-refractivity contribution is 0.100. The summed E-state index contributed by atoms with van der Waals surface area (Å²) in [6.45, 7) is 0.647. The zero-order chi connectivity index (χ0) is 14.8. The molecule has 1 aliphatic carbocycles. The summed E-state index contributed by atoms with van der Waals surface area (Å²) >= 11 is 0. The molecule has 5 nitrogen and oxygen atoms in total. The lowest BCUT2D eigenvalue weighted by atomic mass is 10.1. The monoisotopic (exact) mass is 318 g/mol. The molecule has 2 aromatic rings. The Bertz CT molecular complexity index is 642. The summed E-state index contributed by atoms with van der Waals surface area (Å²) in [7, 11) is 0. The van der Waals surface area contributed by atoms with Crippen molar-refractivity contribution in [1.82, 2.24) is 4.98 Å². The van der Waals surface area contributed by atoms with Crippen LogP contribution >= 0.6 is 12.4 Å². The molecule has 5 N–H and O–H groups in total. The van der Waals surface area contributed by atoms with E-state index in [0.29, 0.717) is 24.1 Å². The van der Waals surface area contributed by atoms with Crippen molar-refractivity contribution >= 4 is 24.1 Å². The number of aromatic nitrogens is 1. The van der Waals surface area contributed by atoms with Crippen molar-refractivity contribution in [3.05, 3.63) is 59.3 Å². The van der Waals surface area contributed by atoms with Crippen LogP contribution in [0.4, 0.5) is 5.82 Å². The summed E-state index contributed by atoms with van der Waals surface area (Å²) in [5, 5.41) is 3.25. The highest BCUT2D eigenvalue weighted by molar-refractivity contribution is 5.92. The first-order chi connectivity index (χ1) is 10.1. The molecule has 1 amide bonds. The summed E-state index contributed by atoms with van der Waals surface area (Å²) in [5.74, 6) is 0.893. The van der Waals surface area contributed by atoms with Crippen LogP contribution in [0.25, 0.3) is 0 Å². The molecule has 0 spiro atoms. The average molecular weight is 319 g/mol. The second-order valence-corrected chi connectivity index (χ2v) is 5.40. The van der Waals surface area contributed by atoms with E-state index in [1.807, 2.05) is 24.4 Å². The van der Waals surface area contributed by atoms with Crippen LogP contribution in [0.2, 0.25) is 0 Å². The van der Waals surface area contributed by atoms with Gasteiger partial charge >= 0.3 is 0 Å². The first-order valence-electron chi connectivity index (χ1n) is 6.97. The molecule has 1 saturated carbocycles. The SMILES string of the molecule is Cl.NC(=O)c1ccc(CNc2ccc([C@@H]3C[C@H]3N)cn2)cc1. The van der Waals surface area contributed by atoms with Gasteiger partial charge in [-0.1, -0.05) is 18.2 Å². The van der Waals surface area contributed by atoms with Crippen LogP contribution in [-0.4, -0.2) is 16.9 Å². The minimum atomic E-state index is -0.412. The number of benzene rings is 1. The molecule has 22 heavy (non-hydrogen) atoms. The Morgan fingerprint density at radius 1 is 1.23 bits per heavy atom. The van der Waals surface area contributed by atoms with E-state index in [-0.39, 0.29) is 12.4 Å². The van der Waals surface area contributed by atoms with E-state index in [4.69, 9.17) is 11.5 Å². The highest BCUT2D eigenvalue weighted by atomic mass is 35.5. The van der Waals surface area contributed by atoms with Crippen molar-refractivity contribution in [1.29, 1.82) is 0 Å². The number of anilines is 1. The lowest BCUT2D eigenvalue weighted by Crippen LogP contribution is -2.10. The third-order valence-electron chi connectivity index (χ3n) is 3.77. The number of pyridine rings is 1. The number of carbonyl (C=O) groups is 1. The summed E-state index contributed by atoms with van der Waals surface area (Å²) in [4.78, 5) is 15.4. The predicted octanol–water partition coefficient (Wildman–Crippen LogP) is 2.03. The molecule has 2 atom stereocenters. The fourth-order valence-electron chi connectivity index (χ4n) is 2.31. The van der Waals surface area contributed by atoms with Crippen LogP contribution in [0.15, 0.2) is 42.6 Å². The van der Waals surface area contributed by atoms with Gasteiger partial charge in [0.15, 0.2) is 0 Å². The van der Waals surface area contributed by atoms with Crippen molar-refractivity contribution in [2.45, 2.75) is 24.9 Å². The lowest BCUT2D eigenvalue weighted by Gasteiger charge is -2.07. The van der Waals surface area contributed by atoms with Gasteiger partial charge in [0, 0.05) is 30.3 Å². The molecule has 0 bridgehead atoms. The number of nitrogens with one attached hydrogen (secondary N) is 1. The number of primary amides is 1. The van der Waals surface area contributed by atoms with Crippen LogP contribution in [0.1, 0.15) is 33.8 Å². The molecule has 1 fully saturated rings. The summed E-state index contributed by atoms with van der Waals surface area (Å²) in [5.41, 5.74) is 13.8. The van der Waals surface area contributed by atoms with Gasteiger partial charge in [0.25, 0.3) is 0 Å². The Balaban J connectivity index is 0.00000176.